The van der Waals surface area contributed by atoms with Gasteiger partial charge in [-0.15, -0.1) is 10.2 Å². The van der Waals surface area contributed by atoms with E-state index in [2.05, 4.69) is 31.4 Å². The average molecular weight is 439 g/mol. The summed E-state index contributed by atoms with van der Waals surface area (Å²) in [6.45, 7) is 2.45. The number of carbonyl (C=O) groups is 1. The fourth-order valence-electron chi connectivity index (χ4n) is 1.97. The molecule has 1 amide bonds. The van der Waals surface area contributed by atoms with E-state index < -0.39 is 0 Å². The second-order valence-corrected chi connectivity index (χ2v) is 7.54. The minimum Gasteiger partial charge on any atom is -0.464 e. The largest absolute Gasteiger partial charge is 0.464 e. The number of carbonyl (C=O) groups excluding carboxylic acids is 1. The molecule has 1 aromatic carbocycles. The van der Waals surface area contributed by atoms with Crippen molar-refractivity contribution in [2.75, 3.05) is 0 Å². The molecule has 0 radical (unpaired) electrons. The number of aryl methyl sites for hydroxylation is 1. The maximum absolute atomic E-state index is 12.2. The summed E-state index contributed by atoms with van der Waals surface area (Å²) in [5.41, 5.74) is 2.19. The zero-order chi connectivity index (χ0) is 17.8. The van der Waals surface area contributed by atoms with Gasteiger partial charge in [0.05, 0.1) is 9.51 Å². The minimum atomic E-state index is -0.283. The summed E-state index contributed by atoms with van der Waals surface area (Å²) in [4.78, 5) is 12.2. The van der Waals surface area contributed by atoms with E-state index >= 15 is 0 Å². The van der Waals surface area contributed by atoms with Crippen LogP contribution in [-0.4, -0.2) is 16.1 Å². The highest BCUT2D eigenvalue weighted by Crippen LogP contribution is 2.26. The molecule has 0 saturated carbocycles. The number of benzene rings is 1. The molecule has 8 heteroatoms. The molecule has 0 aliphatic heterocycles. The molecular weight excluding hydrogens is 426 g/mol. The molecule has 0 atom stereocenters. The summed E-state index contributed by atoms with van der Waals surface area (Å²) in [5.74, 6) is 0.298. The Morgan fingerprint density at radius 3 is 2.72 bits per heavy atom. The van der Waals surface area contributed by atoms with E-state index in [4.69, 9.17) is 16.0 Å². The van der Waals surface area contributed by atoms with E-state index in [1.807, 2.05) is 31.2 Å². The molecule has 0 aliphatic carbocycles. The fraction of sp³-hybridized carbons (Fsp3) is 0.118. The quantitative estimate of drug-likeness (QED) is 0.617. The Labute approximate surface area is 161 Å². The van der Waals surface area contributed by atoms with Crippen molar-refractivity contribution in [3.05, 3.63) is 68.0 Å². The lowest BCUT2D eigenvalue weighted by molar-refractivity contribution is 0.0950. The van der Waals surface area contributed by atoms with Crippen LogP contribution in [0.15, 0.2) is 45.5 Å². The molecule has 0 spiro atoms. The number of amides is 1. The van der Waals surface area contributed by atoms with Crippen molar-refractivity contribution in [2.45, 2.75) is 13.5 Å². The van der Waals surface area contributed by atoms with Crippen LogP contribution >= 0.6 is 38.9 Å². The third kappa shape index (κ3) is 4.78. The van der Waals surface area contributed by atoms with Crippen LogP contribution in [0.1, 0.15) is 31.7 Å². The molecule has 128 valence electrons. The number of nitrogens with zero attached hydrogens (tertiary/aromatic N) is 2. The summed E-state index contributed by atoms with van der Waals surface area (Å²) in [7, 11) is 0. The summed E-state index contributed by atoms with van der Waals surface area (Å²) >= 11 is 10.6. The van der Waals surface area contributed by atoms with Gasteiger partial charge < -0.3 is 9.73 Å². The van der Waals surface area contributed by atoms with Crippen molar-refractivity contribution in [1.29, 1.82) is 0 Å². The van der Waals surface area contributed by atoms with Gasteiger partial charge >= 0.3 is 0 Å². The molecule has 0 fully saturated rings. The van der Waals surface area contributed by atoms with Crippen LogP contribution in [0.2, 0.25) is 0 Å². The minimum absolute atomic E-state index is 0.259. The standard InChI is InChI=1S/C17H13BrClN3O2S/c1-10-2-4-11(5-3-10)8-20-15(23)17-22-21-16(25-17)14(19)7-13-6-12(18)9-24-13/h2-7,9H,8H2,1H3,(H,20,23)/b14-7+. The Morgan fingerprint density at radius 1 is 1.32 bits per heavy atom. The number of aromatic nitrogens is 2. The van der Waals surface area contributed by atoms with Crippen LogP contribution < -0.4 is 5.32 Å². The summed E-state index contributed by atoms with van der Waals surface area (Å²) in [5, 5.41) is 11.8. The third-order valence-corrected chi connectivity index (χ3v) is 5.03. The number of halogens is 2. The molecule has 3 aromatic rings. The monoisotopic (exact) mass is 437 g/mol. The first-order valence-electron chi connectivity index (χ1n) is 7.30. The molecule has 5 nitrogen and oxygen atoms in total. The van der Waals surface area contributed by atoms with Crippen molar-refractivity contribution < 1.29 is 9.21 Å². The topological polar surface area (TPSA) is 68.0 Å². The predicted octanol–water partition coefficient (Wildman–Crippen LogP) is 4.87. The molecule has 0 saturated heterocycles. The Morgan fingerprint density at radius 2 is 2.04 bits per heavy atom. The summed E-state index contributed by atoms with van der Waals surface area (Å²) in [6.07, 6.45) is 3.18. The van der Waals surface area contributed by atoms with Gasteiger partial charge in [-0.2, -0.15) is 0 Å². The Balaban J connectivity index is 1.64. The molecule has 1 N–H and O–H groups in total. The predicted molar refractivity (Wildman–Crippen MR) is 102 cm³/mol. The average Bonchev–Trinajstić information content (AvgIpc) is 3.23. The normalized spacial score (nSPS) is 11.6. The van der Waals surface area contributed by atoms with Gasteiger partial charge in [0.25, 0.3) is 5.91 Å². The van der Waals surface area contributed by atoms with Crippen LogP contribution in [0.3, 0.4) is 0 Å². The Hall–Kier alpha value is -1.96. The summed E-state index contributed by atoms with van der Waals surface area (Å²) in [6, 6.07) is 9.73. The molecule has 2 aromatic heterocycles. The molecule has 25 heavy (non-hydrogen) atoms. The van der Waals surface area contributed by atoms with Gasteiger partial charge in [0.15, 0.2) is 5.01 Å². The van der Waals surface area contributed by atoms with Crippen LogP contribution in [0.5, 0.6) is 0 Å². The van der Waals surface area contributed by atoms with Crippen molar-refractivity contribution in [3.63, 3.8) is 0 Å². The smallest absolute Gasteiger partial charge is 0.282 e. The lowest BCUT2D eigenvalue weighted by atomic mass is 10.1. The zero-order valence-electron chi connectivity index (χ0n) is 13.1. The van der Waals surface area contributed by atoms with Crippen molar-refractivity contribution in [1.82, 2.24) is 15.5 Å². The zero-order valence-corrected chi connectivity index (χ0v) is 16.3. The second kappa shape index (κ2) is 7.95. The molecule has 2 heterocycles. The van der Waals surface area contributed by atoms with Gasteiger partial charge in [0.1, 0.15) is 12.0 Å². The number of hydrogen-bond acceptors (Lipinski definition) is 5. The van der Waals surface area contributed by atoms with E-state index in [9.17, 15) is 4.79 Å². The van der Waals surface area contributed by atoms with Crippen LogP contribution in [0, 0.1) is 6.92 Å². The van der Waals surface area contributed by atoms with Gasteiger partial charge in [-0.05, 0) is 34.5 Å². The highest BCUT2D eigenvalue weighted by molar-refractivity contribution is 9.10. The van der Waals surface area contributed by atoms with E-state index in [-0.39, 0.29) is 10.9 Å². The highest BCUT2D eigenvalue weighted by atomic mass is 79.9. The highest BCUT2D eigenvalue weighted by Gasteiger charge is 2.14. The van der Waals surface area contributed by atoms with E-state index in [1.165, 1.54) is 5.56 Å². The van der Waals surface area contributed by atoms with E-state index in [0.29, 0.717) is 22.3 Å². The van der Waals surface area contributed by atoms with E-state index in [0.717, 1.165) is 21.4 Å². The Kier molecular flexibility index (Phi) is 5.67. The SMILES string of the molecule is Cc1ccc(CNC(=O)c2nnc(/C(Cl)=C\c3cc(Br)co3)s2)cc1. The van der Waals surface area contributed by atoms with Gasteiger partial charge in [-0.1, -0.05) is 52.8 Å². The van der Waals surface area contributed by atoms with Crippen LogP contribution in [-0.2, 0) is 6.54 Å². The number of rotatable bonds is 5. The Bertz CT molecular complexity index is 918. The summed E-state index contributed by atoms with van der Waals surface area (Å²) < 4.78 is 6.09. The van der Waals surface area contributed by atoms with Gasteiger partial charge in [-0.25, -0.2) is 0 Å². The van der Waals surface area contributed by atoms with Gasteiger partial charge in [0.2, 0.25) is 5.01 Å². The molecule has 0 bridgehead atoms. The maximum atomic E-state index is 12.2. The fourth-order valence-corrected chi connectivity index (χ4v) is 3.21. The first-order valence-corrected chi connectivity index (χ1v) is 9.29. The van der Waals surface area contributed by atoms with Crippen molar-refractivity contribution >= 4 is 55.9 Å². The van der Waals surface area contributed by atoms with Crippen LogP contribution in [0.4, 0.5) is 0 Å². The third-order valence-electron chi connectivity index (χ3n) is 3.25. The van der Waals surface area contributed by atoms with Gasteiger partial charge in [0, 0.05) is 12.6 Å². The van der Waals surface area contributed by atoms with Gasteiger partial charge in [-0.3, -0.25) is 4.79 Å². The van der Waals surface area contributed by atoms with Crippen molar-refractivity contribution in [3.8, 4) is 0 Å². The van der Waals surface area contributed by atoms with Crippen molar-refractivity contribution in [2.24, 2.45) is 0 Å². The lowest BCUT2D eigenvalue weighted by Gasteiger charge is -2.03. The lowest BCUT2D eigenvalue weighted by Crippen LogP contribution is -2.22. The molecule has 0 aliphatic rings. The molecule has 0 unspecified atom stereocenters. The molecule has 3 rings (SSSR count). The molecular formula is C17H13BrClN3O2S. The van der Waals surface area contributed by atoms with E-state index in [1.54, 1.807) is 18.4 Å². The first-order chi connectivity index (χ1) is 12.0. The first kappa shape index (κ1) is 17.8. The number of furan rings is 1. The maximum Gasteiger partial charge on any atom is 0.282 e. The van der Waals surface area contributed by atoms with Crippen LogP contribution in [0.25, 0.3) is 11.1 Å². The second-order valence-electron chi connectivity index (χ2n) is 5.24. The number of hydrogen-bond donors (Lipinski definition) is 1. The number of nitrogens with one attached hydrogen (secondary N) is 1.